The number of hydrogen-bond acceptors (Lipinski definition) is 3. The monoisotopic (exact) mass is 265 g/mol. The maximum absolute atomic E-state index is 13.0. The summed E-state index contributed by atoms with van der Waals surface area (Å²) < 4.78 is 17.9. The quantitative estimate of drug-likeness (QED) is 0.842. The number of ether oxygens (including phenoxy) is 1. The molecule has 1 amide bonds. The van der Waals surface area contributed by atoms with Gasteiger partial charge in [0.05, 0.1) is 5.41 Å². The van der Waals surface area contributed by atoms with Crippen LogP contribution in [0.3, 0.4) is 0 Å². The Morgan fingerprint density at radius 1 is 1.21 bits per heavy atom. The van der Waals surface area contributed by atoms with Crippen LogP contribution in [-0.2, 0) is 19.7 Å². The minimum absolute atomic E-state index is 0.345. The Kier molecular flexibility index (Phi) is 3.83. The second kappa shape index (κ2) is 5.38. The van der Waals surface area contributed by atoms with Crippen molar-refractivity contribution < 1.29 is 18.7 Å². The predicted molar refractivity (Wildman–Crippen MR) is 66.7 cm³/mol. The van der Waals surface area contributed by atoms with E-state index in [1.54, 1.807) is 12.1 Å². The van der Waals surface area contributed by atoms with Gasteiger partial charge in [-0.15, -0.1) is 0 Å². The van der Waals surface area contributed by atoms with E-state index in [4.69, 9.17) is 10.5 Å². The van der Waals surface area contributed by atoms with Gasteiger partial charge >= 0.3 is 5.97 Å². The van der Waals surface area contributed by atoms with E-state index in [0.29, 0.717) is 12.8 Å². The maximum Gasteiger partial charge on any atom is 0.317 e. The minimum Gasteiger partial charge on any atom is -0.455 e. The first kappa shape index (κ1) is 13.5. The summed E-state index contributed by atoms with van der Waals surface area (Å²) in [5.41, 5.74) is 4.95. The van der Waals surface area contributed by atoms with Crippen LogP contribution in [0.25, 0.3) is 0 Å². The molecule has 1 aliphatic rings. The minimum atomic E-state index is -0.761. The molecule has 0 heterocycles. The molecule has 5 heteroatoms. The number of benzene rings is 1. The molecule has 0 aromatic heterocycles. The molecule has 0 unspecified atom stereocenters. The van der Waals surface area contributed by atoms with Crippen molar-refractivity contribution in [2.24, 2.45) is 5.73 Å². The number of rotatable bonds is 4. The number of carbonyl (C=O) groups is 2. The van der Waals surface area contributed by atoms with E-state index < -0.39 is 23.9 Å². The van der Waals surface area contributed by atoms with Crippen LogP contribution in [0.1, 0.15) is 31.2 Å². The normalized spacial score (nSPS) is 17.1. The van der Waals surface area contributed by atoms with Crippen molar-refractivity contribution in [3.05, 3.63) is 35.6 Å². The van der Waals surface area contributed by atoms with Crippen LogP contribution in [-0.4, -0.2) is 18.5 Å². The lowest BCUT2D eigenvalue weighted by molar-refractivity contribution is -0.153. The number of amides is 1. The third kappa shape index (κ3) is 2.75. The maximum atomic E-state index is 13.0. The Balaban J connectivity index is 2.24. The fourth-order valence-electron chi connectivity index (χ4n) is 2.63. The summed E-state index contributed by atoms with van der Waals surface area (Å²) in [6, 6.07) is 5.87. The van der Waals surface area contributed by atoms with Crippen molar-refractivity contribution in [2.75, 3.05) is 6.61 Å². The van der Waals surface area contributed by atoms with Gasteiger partial charge in [0.1, 0.15) is 5.82 Å². The molecule has 1 aromatic carbocycles. The number of hydrogen-bond donors (Lipinski definition) is 1. The fraction of sp³-hybridized carbons (Fsp3) is 0.429. The van der Waals surface area contributed by atoms with Gasteiger partial charge in [0, 0.05) is 0 Å². The van der Waals surface area contributed by atoms with E-state index in [1.165, 1.54) is 12.1 Å². The summed E-state index contributed by atoms with van der Waals surface area (Å²) >= 11 is 0. The zero-order valence-electron chi connectivity index (χ0n) is 10.5. The largest absolute Gasteiger partial charge is 0.455 e. The third-order valence-corrected chi connectivity index (χ3v) is 3.59. The highest BCUT2D eigenvalue weighted by atomic mass is 19.1. The molecule has 0 spiro atoms. The highest BCUT2D eigenvalue weighted by Crippen LogP contribution is 2.42. The molecular formula is C14H16FNO3. The molecule has 2 rings (SSSR count). The number of halogens is 1. The topological polar surface area (TPSA) is 69.4 Å². The van der Waals surface area contributed by atoms with Crippen LogP contribution < -0.4 is 5.73 Å². The Hall–Kier alpha value is -1.91. The summed E-state index contributed by atoms with van der Waals surface area (Å²) in [6.07, 6.45) is 3.11. The molecular weight excluding hydrogens is 249 g/mol. The molecule has 1 fully saturated rings. The molecule has 0 radical (unpaired) electrons. The number of primary amides is 1. The highest BCUT2D eigenvalue weighted by molar-refractivity contribution is 5.86. The van der Waals surface area contributed by atoms with Crippen molar-refractivity contribution in [1.29, 1.82) is 0 Å². The molecule has 0 bridgehead atoms. The molecule has 1 saturated carbocycles. The van der Waals surface area contributed by atoms with Gasteiger partial charge in [0.15, 0.2) is 6.61 Å². The first-order chi connectivity index (χ1) is 9.04. The lowest BCUT2D eigenvalue weighted by Crippen LogP contribution is -2.36. The zero-order valence-corrected chi connectivity index (χ0v) is 10.5. The first-order valence-electron chi connectivity index (χ1n) is 6.26. The van der Waals surface area contributed by atoms with E-state index in [-0.39, 0.29) is 5.82 Å². The van der Waals surface area contributed by atoms with Crippen molar-refractivity contribution >= 4 is 11.9 Å². The van der Waals surface area contributed by atoms with Crippen LogP contribution in [0.15, 0.2) is 24.3 Å². The van der Waals surface area contributed by atoms with Gasteiger partial charge in [-0.05, 0) is 30.5 Å². The molecule has 19 heavy (non-hydrogen) atoms. The van der Waals surface area contributed by atoms with Gasteiger partial charge in [0.2, 0.25) is 0 Å². The number of carbonyl (C=O) groups excluding carboxylic acids is 2. The van der Waals surface area contributed by atoms with Crippen LogP contribution >= 0.6 is 0 Å². The summed E-state index contributed by atoms with van der Waals surface area (Å²) in [7, 11) is 0. The Morgan fingerprint density at radius 2 is 1.79 bits per heavy atom. The Bertz CT molecular complexity index is 478. The third-order valence-electron chi connectivity index (χ3n) is 3.59. The van der Waals surface area contributed by atoms with E-state index in [1.807, 2.05) is 0 Å². The second-order valence-electron chi connectivity index (χ2n) is 4.84. The van der Waals surface area contributed by atoms with Gasteiger partial charge in [-0.1, -0.05) is 25.0 Å². The Morgan fingerprint density at radius 3 is 2.32 bits per heavy atom. The van der Waals surface area contributed by atoms with Gasteiger partial charge in [-0.2, -0.15) is 0 Å². The van der Waals surface area contributed by atoms with Crippen molar-refractivity contribution in [1.82, 2.24) is 0 Å². The van der Waals surface area contributed by atoms with E-state index in [2.05, 4.69) is 0 Å². The lowest BCUT2D eigenvalue weighted by atomic mass is 9.79. The van der Waals surface area contributed by atoms with Crippen LogP contribution in [0, 0.1) is 5.82 Å². The van der Waals surface area contributed by atoms with E-state index in [0.717, 1.165) is 18.4 Å². The molecule has 0 saturated heterocycles. The molecule has 4 nitrogen and oxygen atoms in total. The molecule has 0 aliphatic heterocycles. The second-order valence-corrected chi connectivity index (χ2v) is 4.84. The average Bonchev–Trinajstić information content (AvgIpc) is 2.87. The van der Waals surface area contributed by atoms with Gasteiger partial charge in [-0.3, -0.25) is 9.59 Å². The first-order valence-corrected chi connectivity index (χ1v) is 6.26. The molecule has 0 atom stereocenters. The standard InChI is InChI=1S/C14H16FNO3/c15-11-5-3-10(4-6-11)14(7-1-2-8-14)13(18)19-9-12(16)17/h3-6H,1-2,7-9H2,(H2,16,17). The zero-order chi connectivity index (χ0) is 13.9. The van der Waals surface area contributed by atoms with Gasteiger partial charge < -0.3 is 10.5 Å². The SMILES string of the molecule is NC(=O)COC(=O)C1(c2ccc(F)cc2)CCCC1. The van der Waals surface area contributed by atoms with Crippen LogP contribution in [0.5, 0.6) is 0 Å². The van der Waals surface area contributed by atoms with Crippen LogP contribution in [0.4, 0.5) is 4.39 Å². The molecule has 1 aliphatic carbocycles. The Labute approximate surface area is 110 Å². The summed E-state index contributed by atoms with van der Waals surface area (Å²) in [6.45, 7) is -0.415. The molecule has 1 aromatic rings. The van der Waals surface area contributed by atoms with Gasteiger partial charge in [-0.25, -0.2) is 4.39 Å². The number of nitrogens with two attached hydrogens (primary N) is 1. The van der Waals surface area contributed by atoms with E-state index in [9.17, 15) is 14.0 Å². The van der Waals surface area contributed by atoms with E-state index >= 15 is 0 Å². The summed E-state index contributed by atoms with van der Waals surface area (Å²) in [4.78, 5) is 22.9. The summed E-state index contributed by atoms with van der Waals surface area (Å²) in [5.74, 6) is -1.47. The molecule has 2 N–H and O–H groups in total. The number of esters is 1. The van der Waals surface area contributed by atoms with Crippen molar-refractivity contribution in [3.8, 4) is 0 Å². The smallest absolute Gasteiger partial charge is 0.317 e. The fourth-order valence-corrected chi connectivity index (χ4v) is 2.63. The summed E-state index contributed by atoms with van der Waals surface area (Å²) in [5, 5.41) is 0. The van der Waals surface area contributed by atoms with Crippen molar-refractivity contribution in [2.45, 2.75) is 31.1 Å². The predicted octanol–water partition coefficient (Wildman–Crippen LogP) is 1.67. The van der Waals surface area contributed by atoms with Crippen molar-refractivity contribution in [3.63, 3.8) is 0 Å². The van der Waals surface area contributed by atoms with Gasteiger partial charge in [0.25, 0.3) is 5.91 Å². The average molecular weight is 265 g/mol. The molecule has 102 valence electrons. The van der Waals surface area contributed by atoms with Crippen LogP contribution in [0.2, 0.25) is 0 Å². The lowest BCUT2D eigenvalue weighted by Gasteiger charge is -2.26. The highest BCUT2D eigenvalue weighted by Gasteiger charge is 2.44.